The van der Waals surface area contributed by atoms with Crippen molar-refractivity contribution in [2.24, 2.45) is 0 Å². The average Bonchev–Trinajstić information content (AvgIpc) is 2.39. The lowest BCUT2D eigenvalue weighted by atomic mass is 10.2. The zero-order valence-electron chi connectivity index (χ0n) is 11.2. The van der Waals surface area contributed by atoms with Crippen molar-refractivity contribution in [2.75, 3.05) is 18.9 Å². The highest BCUT2D eigenvalue weighted by Gasteiger charge is 2.29. The molecule has 108 valence electrons. The Bertz CT molecular complexity index is 485. The molecule has 1 aromatic heterocycles. The first kappa shape index (κ1) is 15.8. The summed E-state index contributed by atoms with van der Waals surface area (Å²) in [6.07, 6.45) is 3.71. The molecule has 1 rings (SSSR count). The van der Waals surface area contributed by atoms with Crippen LogP contribution in [0.15, 0.2) is 17.3 Å². The molecule has 0 saturated carbocycles. The van der Waals surface area contributed by atoms with Gasteiger partial charge in [0.2, 0.25) is 16.0 Å². The van der Waals surface area contributed by atoms with Gasteiger partial charge in [0.05, 0.1) is 19.0 Å². The van der Waals surface area contributed by atoms with Crippen LogP contribution in [0.3, 0.4) is 0 Å². The second-order valence-corrected chi connectivity index (χ2v) is 5.98. The van der Waals surface area contributed by atoms with Crippen LogP contribution in [-0.2, 0) is 10.0 Å². The summed E-state index contributed by atoms with van der Waals surface area (Å²) < 4.78 is 26.3. The summed E-state index contributed by atoms with van der Waals surface area (Å²) in [5.74, 6) is 0.0233. The van der Waals surface area contributed by atoms with Crippen molar-refractivity contribution in [3.05, 3.63) is 12.4 Å². The molecule has 3 N–H and O–H groups in total. The van der Waals surface area contributed by atoms with Crippen LogP contribution in [0.5, 0.6) is 0 Å². The zero-order valence-corrected chi connectivity index (χ0v) is 12.0. The third-order valence-corrected chi connectivity index (χ3v) is 4.83. The van der Waals surface area contributed by atoms with E-state index in [9.17, 15) is 8.42 Å². The predicted molar refractivity (Wildman–Crippen MR) is 71.8 cm³/mol. The molecule has 0 aliphatic rings. The van der Waals surface area contributed by atoms with Gasteiger partial charge in [-0.2, -0.15) is 4.31 Å². The maximum atomic E-state index is 12.5. The van der Waals surface area contributed by atoms with Gasteiger partial charge >= 0.3 is 0 Å². The summed E-state index contributed by atoms with van der Waals surface area (Å²) >= 11 is 0. The Morgan fingerprint density at radius 1 is 1.32 bits per heavy atom. The number of anilines is 1. The van der Waals surface area contributed by atoms with Gasteiger partial charge in [-0.15, -0.1) is 0 Å². The van der Waals surface area contributed by atoms with Gasteiger partial charge in [0.1, 0.15) is 4.90 Å². The molecule has 0 saturated heterocycles. The van der Waals surface area contributed by atoms with Crippen molar-refractivity contribution in [1.29, 1.82) is 0 Å². The Labute approximate surface area is 113 Å². The molecule has 0 unspecified atom stereocenters. The first-order valence-corrected chi connectivity index (χ1v) is 7.61. The summed E-state index contributed by atoms with van der Waals surface area (Å²) in [6, 6.07) is -0.158. The van der Waals surface area contributed by atoms with E-state index in [2.05, 4.69) is 9.97 Å². The molecule has 0 bridgehead atoms. The van der Waals surface area contributed by atoms with Crippen LogP contribution in [0.25, 0.3) is 0 Å². The van der Waals surface area contributed by atoms with Crippen molar-refractivity contribution in [1.82, 2.24) is 14.3 Å². The second-order valence-electron chi connectivity index (χ2n) is 4.09. The normalized spacial score (nSPS) is 12.3. The van der Waals surface area contributed by atoms with Crippen molar-refractivity contribution < 1.29 is 13.5 Å². The fourth-order valence-electron chi connectivity index (χ4n) is 1.89. The number of hydrogen-bond acceptors (Lipinski definition) is 6. The van der Waals surface area contributed by atoms with Crippen LogP contribution >= 0.6 is 0 Å². The van der Waals surface area contributed by atoms with Gasteiger partial charge in [0.25, 0.3) is 0 Å². The van der Waals surface area contributed by atoms with E-state index in [4.69, 9.17) is 10.8 Å². The van der Waals surface area contributed by atoms with Gasteiger partial charge in [-0.25, -0.2) is 18.4 Å². The minimum atomic E-state index is -3.71. The molecule has 0 atom stereocenters. The molecule has 0 amide bonds. The lowest BCUT2D eigenvalue weighted by Crippen LogP contribution is -2.41. The highest BCUT2D eigenvalue weighted by Crippen LogP contribution is 2.20. The molecule has 8 heteroatoms. The minimum Gasteiger partial charge on any atom is -0.395 e. The van der Waals surface area contributed by atoms with Crippen LogP contribution in [0.1, 0.15) is 26.7 Å². The number of aromatic nitrogens is 2. The van der Waals surface area contributed by atoms with E-state index in [-0.39, 0.29) is 30.0 Å². The van der Waals surface area contributed by atoms with Gasteiger partial charge in [-0.05, 0) is 12.8 Å². The van der Waals surface area contributed by atoms with Gasteiger partial charge in [-0.3, -0.25) is 0 Å². The van der Waals surface area contributed by atoms with E-state index >= 15 is 0 Å². The Kier molecular flexibility index (Phi) is 5.64. The third kappa shape index (κ3) is 3.62. The van der Waals surface area contributed by atoms with Gasteiger partial charge in [0, 0.05) is 12.6 Å². The molecule has 19 heavy (non-hydrogen) atoms. The van der Waals surface area contributed by atoms with Crippen molar-refractivity contribution in [2.45, 2.75) is 37.6 Å². The minimum absolute atomic E-state index is 0.0120. The number of nitrogens with two attached hydrogens (primary N) is 1. The van der Waals surface area contributed by atoms with Crippen molar-refractivity contribution >= 4 is 16.0 Å². The summed E-state index contributed by atoms with van der Waals surface area (Å²) in [4.78, 5) is 7.38. The second kappa shape index (κ2) is 6.78. The van der Waals surface area contributed by atoms with Crippen molar-refractivity contribution in [3.8, 4) is 0 Å². The first-order chi connectivity index (χ1) is 8.97. The Balaban J connectivity index is 3.15. The predicted octanol–water partition coefficient (Wildman–Crippen LogP) is 0.230. The van der Waals surface area contributed by atoms with E-state index < -0.39 is 10.0 Å². The van der Waals surface area contributed by atoms with Gasteiger partial charge < -0.3 is 10.8 Å². The van der Waals surface area contributed by atoms with Crippen LogP contribution in [-0.4, -0.2) is 47.0 Å². The SMILES string of the molecule is CCC(CC)N(CCO)S(=O)(=O)c1cnc(N)nc1. The molecule has 1 heterocycles. The molecule has 0 aliphatic carbocycles. The van der Waals surface area contributed by atoms with Gasteiger partial charge in [0.15, 0.2) is 0 Å². The number of nitrogens with zero attached hydrogens (tertiary/aromatic N) is 3. The summed E-state index contributed by atoms with van der Waals surface area (Å²) in [6.45, 7) is 3.64. The lowest BCUT2D eigenvalue weighted by molar-refractivity contribution is 0.219. The van der Waals surface area contributed by atoms with E-state index in [1.807, 2.05) is 13.8 Å². The van der Waals surface area contributed by atoms with Crippen LogP contribution < -0.4 is 5.73 Å². The van der Waals surface area contributed by atoms with Crippen LogP contribution in [0, 0.1) is 0 Å². The molecular formula is C11H20N4O3S. The topological polar surface area (TPSA) is 109 Å². The third-order valence-electron chi connectivity index (χ3n) is 2.92. The number of nitrogen functional groups attached to an aromatic ring is 1. The molecule has 0 spiro atoms. The standard InChI is InChI=1S/C11H20N4O3S/c1-3-9(4-2)15(5-6-16)19(17,18)10-7-13-11(12)14-8-10/h7-9,16H,3-6H2,1-2H3,(H2,12,13,14). The van der Waals surface area contributed by atoms with E-state index in [1.165, 1.54) is 16.7 Å². The number of sulfonamides is 1. The number of rotatable bonds is 7. The first-order valence-electron chi connectivity index (χ1n) is 6.17. The molecule has 1 aromatic rings. The van der Waals surface area contributed by atoms with Crippen molar-refractivity contribution in [3.63, 3.8) is 0 Å². The number of aliphatic hydroxyl groups is 1. The zero-order chi connectivity index (χ0) is 14.5. The fraction of sp³-hybridized carbons (Fsp3) is 0.636. The highest BCUT2D eigenvalue weighted by molar-refractivity contribution is 7.89. The summed E-state index contributed by atoms with van der Waals surface area (Å²) in [5.41, 5.74) is 5.35. The quantitative estimate of drug-likeness (QED) is 0.743. The highest BCUT2D eigenvalue weighted by atomic mass is 32.2. The largest absolute Gasteiger partial charge is 0.395 e. The smallest absolute Gasteiger partial charge is 0.246 e. The lowest BCUT2D eigenvalue weighted by Gasteiger charge is -2.28. The molecule has 0 aromatic carbocycles. The van der Waals surface area contributed by atoms with Gasteiger partial charge in [-0.1, -0.05) is 13.8 Å². The summed E-state index contributed by atoms with van der Waals surface area (Å²) in [5, 5.41) is 9.07. The molecule has 7 nitrogen and oxygen atoms in total. The van der Waals surface area contributed by atoms with E-state index in [1.54, 1.807) is 0 Å². The Morgan fingerprint density at radius 3 is 2.26 bits per heavy atom. The molecule has 0 aliphatic heterocycles. The molecule has 0 radical (unpaired) electrons. The van der Waals surface area contributed by atoms with E-state index in [0.717, 1.165) is 0 Å². The monoisotopic (exact) mass is 288 g/mol. The average molecular weight is 288 g/mol. The molecule has 0 fully saturated rings. The Morgan fingerprint density at radius 2 is 1.84 bits per heavy atom. The van der Waals surface area contributed by atoms with E-state index in [0.29, 0.717) is 12.8 Å². The van der Waals surface area contributed by atoms with Crippen LogP contribution in [0.2, 0.25) is 0 Å². The maximum Gasteiger partial charge on any atom is 0.246 e. The molecular weight excluding hydrogens is 268 g/mol. The fourth-order valence-corrected chi connectivity index (χ4v) is 3.54. The summed E-state index contributed by atoms with van der Waals surface area (Å²) in [7, 11) is -3.71. The Hall–Kier alpha value is -1.25. The number of hydrogen-bond donors (Lipinski definition) is 2. The maximum absolute atomic E-state index is 12.5. The van der Waals surface area contributed by atoms with Crippen LogP contribution in [0.4, 0.5) is 5.95 Å². The number of aliphatic hydroxyl groups excluding tert-OH is 1.